The topological polar surface area (TPSA) is 96.1 Å². The molecule has 0 bridgehead atoms. The first-order chi connectivity index (χ1) is 9.59. The molecule has 0 aromatic carbocycles. The molecule has 0 amide bonds. The molecule has 0 spiro atoms. The van der Waals surface area contributed by atoms with E-state index in [1.165, 1.54) is 6.33 Å². The lowest BCUT2D eigenvalue weighted by atomic mass is 9.87. The molecule has 3 rings (SSSR count). The second-order valence-corrected chi connectivity index (χ2v) is 5.72. The maximum atomic E-state index is 10.2. The molecule has 7 nitrogen and oxygen atoms in total. The van der Waals surface area contributed by atoms with Crippen molar-refractivity contribution in [3.05, 3.63) is 12.7 Å². The lowest BCUT2D eigenvalue weighted by molar-refractivity contribution is 0.0201. The van der Waals surface area contributed by atoms with Crippen LogP contribution >= 0.6 is 0 Å². The summed E-state index contributed by atoms with van der Waals surface area (Å²) in [4.78, 5) is 12.8. The van der Waals surface area contributed by atoms with E-state index in [1.54, 1.807) is 13.4 Å². The Morgan fingerprint density at radius 2 is 2.25 bits per heavy atom. The summed E-state index contributed by atoms with van der Waals surface area (Å²) in [6.45, 7) is 1.89. The molecule has 0 aliphatic heterocycles. The molecule has 3 N–H and O–H groups in total. The van der Waals surface area contributed by atoms with Crippen LogP contribution in [0.4, 0.5) is 5.82 Å². The van der Waals surface area contributed by atoms with Crippen LogP contribution in [0, 0.1) is 5.41 Å². The van der Waals surface area contributed by atoms with Crippen LogP contribution < -0.4 is 5.32 Å². The fourth-order valence-electron chi connectivity index (χ4n) is 2.98. The van der Waals surface area contributed by atoms with Crippen LogP contribution in [0.1, 0.15) is 25.8 Å². The number of aromatic nitrogens is 4. The first-order valence-corrected chi connectivity index (χ1v) is 6.73. The number of nitrogens with one attached hydrogen (secondary N) is 1. The fourth-order valence-corrected chi connectivity index (χ4v) is 2.98. The summed E-state index contributed by atoms with van der Waals surface area (Å²) in [5.74, 6) is 0.692. The number of aliphatic hydroxyl groups is 2. The maximum Gasteiger partial charge on any atom is 0.165 e. The van der Waals surface area contributed by atoms with Gasteiger partial charge in [-0.05, 0) is 12.8 Å². The quantitative estimate of drug-likeness (QED) is 0.758. The molecule has 7 heteroatoms. The minimum absolute atomic E-state index is 0.0198. The highest BCUT2D eigenvalue weighted by atomic mass is 16.3. The summed E-state index contributed by atoms with van der Waals surface area (Å²) in [7, 11) is 1.79. The third-order valence-electron chi connectivity index (χ3n) is 4.35. The Morgan fingerprint density at radius 1 is 1.45 bits per heavy atom. The molecule has 3 atom stereocenters. The van der Waals surface area contributed by atoms with Gasteiger partial charge in [-0.2, -0.15) is 0 Å². The van der Waals surface area contributed by atoms with Crippen LogP contribution in [0.3, 0.4) is 0 Å². The average molecular weight is 277 g/mol. The van der Waals surface area contributed by atoms with Gasteiger partial charge in [0, 0.05) is 18.5 Å². The number of nitrogens with zero attached hydrogens (tertiary/aromatic N) is 4. The molecule has 2 aromatic rings. The van der Waals surface area contributed by atoms with Gasteiger partial charge < -0.3 is 20.1 Å². The highest BCUT2D eigenvalue weighted by Gasteiger charge is 2.43. The van der Waals surface area contributed by atoms with Crippen LogP contribution in [-0.2, 0) is 0 Å². The highest BCUT2D eigenvalue weighted by molar-refractivity contribution is 5.82. The monoisotopic (exact) mass is 277 g/mol. The number of anilines is 1. The molecule has 0 radical (unpaired) electrons. The van der Waals surface area contributed by atoms with Crippen molar-refractivity contribution in [2.24, 2.45) is 5.41 Å². The highest BCUT2D eigenvalue weighted by Crippen LogP contribution is 2.44. The molecule has 0 saturated heterocycles. The van der Waals surface area contributed by atoms with Crippen molar-refractivity contribution in [2.75, 3.05) is 19.0 Å². The number of aliphatic hydroxyl groups excluding tert-OH is 2. The normalized spacial score (nSPS) is 30.0. The van der Waals surface area contributed by atoms with Crippen molar-refractivity contribution in [1.82, 2.24) is 19.5 Å². The summed E-state index contributed by atoms with van der Waals surface area (Å²) in [6, 6.07) is 0.0896. The van der Waals surface area contributed by atoms with Crippen molar-refractivity contribution in [1.29, 1.82) is 0 Å². The van der Waals surface area contributed by atoms with Crippen LogP contribution in [0.5, 0.6) is 0 Å². The van der Waals surface area contributed by atoms with Gasteiger partial charge in [-0.15, -0.1) is 0 Å². The van der Waals surface area contributed by atoms with E-state index in [0.29, 0.717) is 18.7 Å². The van der Waals surface area contributed by atoms with Crippen LogP contribution in [0.2, 0.25) is 0 Å². The van der Waals surface area contributed by atoms with Gasteiger partial charge in [-0.25, -0.2) is 15.0 Å². The van der Waals surface area contributed by atoms with E-state index in [9.17, 15) is 10.2 Å². The second-order valence-electron chi connectivity index (χ2n) is 5.72. The van der Waals surface area contributed by atoms with Gasteiger partial charge in [-0.3, -0.25) is 0 Å². The zero-order valence-electron chi connectivity index (χ0n) is 11.6. The third kappa shape index (κ3) is 1.85. The second kappa shape index (κ2) is 4.68. The first-order valence-electron chi connectivity index (χ1n) is 6.73. The van der Waals surface area contributed by atoms with E-state index in [1.807, 2.05) is 11.5 Å². The summed E-state index contributed by atoms with van der Waals surface area (Å²) < 4.78 is 1.97. The third-order valence-corrected chi connectivity index (χ3v) is 4.35. The van der Waals surface area contributed by atoms with E-state index < -0.39 is 11.5 Å². The predicted octanol–water partition coefficient (Wildman–Crippen LogP) is 0.562. The van der Waals surface area contributed by atoms with Gasteiger partial charge >= 0.3 is 0 Å². The summed E-state index contributed by atoms with van der Waals surface area (Å²) >= 11 is 0. The van der Waals surface area contributed by atoms with Crippen LogP contribution in [-0.4, -0.2) is 49.5 Å². The Bertz CT molecular complexity index is 628. The molecule has 1 fully saturated rings. The largest absolute Gasteiger partial charge is 0.396 e. The molecular weight excluding hydrogens is 258 g/mol. The molecule has 0 unspecified atom stereocenters. The summed E-state index contributed by atoms with van der Waals surface area (Å²) in [5.41, 5.74) is 1.02. The number of imidazole rings is 1. The molecule has 20 heavy (non-hydrogen) atoms. The molecule has 1 aliphatic carbocycles. The predicted molar refractivity (Wildman–Crippen MR) is 74.3 cm³/mol. The van der Waals surface area contributed by atoms with Crippen molar-refractivity contribution >= 4 is 17.0 Å². The summed E-state index contributed by atoms with van der Waals surface area (Å²) in [6.07, 6.45) is 4.03. The number of hydrogen-bond acceptors (Lipinski definition) is 6. The number of hydrogen-bond donors (Lipinski definition) is 3. The van der Waals surface area contributed by atoms with Crippen molar-refractivity contribution in [2.45, 2.75) is 31.9 Å². The Hall–Kier alpha value is -1.73. The Balaban J connectivity index is 2.00. The standard InChI is InChI=1S/C13H19N5O2/c1-13(5-19)4-8(3-9(13)20)18-7-17-10-11(14-2)15-6-16-12(10)18/h6-9,19-20H,3-5H2,1-2H3,(H,14,15,16)/t8-,9-,13+/m0/s1. The zero-order chi connectivity index (χ0) is 14.3. The number of rotatable bonds is 3. The molecule has 1 aliphatic rings. The van der Waals surface area contributed by atoms with Gasteiger partial charge in [0.15, 0.2) is 11.5 Å². The van der Waals surface area contributed by atoms with Crippen LogP contribution in [0.15, 0.2) is 12.7 Å². The van der Waals surface area contributed by atoms with E-state index in [2.05, 4.69) is 20.3 Å². The fraction of sp³-hybridized carbons (Fsp3) is 0.615. The smallest absolute Gasteiger partial charge is 0.165 e. The molecule has 108 valence electrons. The van der Waals surface area contributed by atoms with Crippen LogP contribution in [0.25, 0.3) is 11.2 Å². The van der Waals surface area contributed by atoms with E-state index in [-0.39, 0.29) is 12.6 Å². The van der Waals surface area contributed by atoms with Gasteiger partial charge in [0.25, 0.3) is 0 Å². The lowest BCUT2D eigenvalue weighted by Gasteiger charge is -2.24. The Kier molecular flexibility index (Phi) is 3.10. The van der Waals surface area contributed by atoms with Crippen molar-refractivity contribution in [3.8, 4) is 0 Å². The van der Waals surface area contributed by atoms with Gasteiger partial charge in [0.1, 0.15) is 11.8 Å². The SMILES string of the molecule is CNc1ncnc2c1ncn2[C@H]1C[C@H](O)[C@@](C)(CO)C1. The Labute approximate surface area is 116 Å². The maximum absolute atomic E-state index is 10.2. The number of fused-ring (bicyclic) bond motifs is 1. The van der Waals surface area contributed by atoms with E-state index >= 15 is 0 Å². The molecular formula is C13H19N5O2. The van der Waals surface area contributed by atoms with Crippen molar-refractivity contribution in [3.63, 3.8) is 0 Å². The van der Waals surface area contributed by atoms with Gasteiger partial charge in [0.05, 0.1) is 19.0 Å². The summed E-state index contributed by atoms with van der Waals surface area (Å²) in [5, 5.41) is 22.6. The molecule has 1 saturated carbocycles. The van der Waals surface area contributed by atoms with Gasteiger partial charge in [0.2, 0.25) is 0 Å². The van der Waals surface area contributed by atoms with Gasteiger partial charge in [-0.1, -0.05) is 6.92 Å². The van der Waals surface area contributed by atoms with Crippen molar-refractivity contribution < 1.29 is 10.2 Å². The zero-order valence-corrected chi connectivity index (χ0v) is 11.6. The minimum Gasteiger partial charge on any atom is -0.396 e. The minimum atomic E-state index is -0.513. The van der Waals surface area contributed by atoms with E-state index in [0.717, 1.165) is 11.2 Å². The average Bonchev–Trinajstić information content (AvgIpc) is 3.01. The molecule has 2 aromatic heterocycles. The van der Waals surface area contributed by atoms with E-state index in [4.69, 9.17) is 0 Å². The Morgan fingerprint density at radius 3 is 2.90 bits per heavy atom. The molecule has 2 heterocycles. The first kappa shape index (κ1) is 13.3. The lowest BCUT2D eigenvalue weighted by Crippen LogP contribution is -2.30.